The molecule has 0 unspecified atom stereocenters. The Morgan fingerprint density at radius 2 is 1.54 bits per heavy atom. The van der Waals surface area contributed by atoms with Crippen LogP contribution in [0.1, 0.15) is 18.1 Å². The molecule has 4 aromatic carbocycles. The molecule has 9 nitrogen and oxygen atoms in total. The van der Waals surface area contributed by atoms with E-state index in [9.17, 15) is 18.0 Å². The summed E-state index contributed by atoms with van der Waals surface area (Å²) in [6, 6.07) is 29.7. The van der Waals surface area contributed by atoms with Crippen LogP contribution in [0.3, 0.4) is 0 Å². The van der Waals surface area contributed by atoms with E-state index in [2.05, 4.69) is 15.4 Å². The number of anilines is 4. The van der Waals surface area contributed by atoms with E-state index in [4.69, 9.17) is 5.73 Å². The highest BCUT2D eigenvalue weighted by molar-refractivity contribution is 7.92. The van der Waals surface area contributed by atoms with Crippen LogP contribution < -0.4 is 26.0 Å². The highest BCUT2D eigenvalue weighted by Gasteiger charge is 2.30. The smallest absolute Gasteiger partial charge is 0.261 e. The minimum atomic E-state index is -3.92. The van der Waals surface area contributed by atoms with Gasteiger partial charge in [-0.05, 0) is 60.2 Å². The number of nitrogens with one attached hydrogen (secondary N) is 3. The maximum atomic E-state index is 13.3. The van der Waals surface area contributed by atoms with E-state index in [0.29, 0.717) is 52.7 Å². The number of carbonyl (C=O) groups is 2. The Hall–Kier alpha value is -4.93. The number of nitrogens with zero attached hydrogens (tertiary/aromatic N) is 1. The zero-order chi connectivity index (χ0) is 29.0. The van der Waals surface area contributed by atoms with Crippen LogP contribution in [0.25, 0.3) is 11.3 Å². The van der Waals surface area contributed by atoms with Crippen molar-refractivity contribution in [2.75, 3.05) is 33.3 Å². The van der Waals surface area contributed by atoms with Crippen molar-refractivity contribution in [3.05, 3.63) is 114 Å². The number of hydrogen-bond donors (Lipinski definition) is 4. The number of para-hydroxylation sites is 1. The molecular weight excluding hydrogens is 538 g/mol. The summed E-state index contributed by atoms with van der Waals surface area (Å²) in [6.07, 6.45) is 0. The second-order valence-corrected chi connectivity index (χ2v) is 11.1. The molecule has 2 amide bonds. The summed E-state index contributed by atoms with van der Waals surface area (Å²) in [5.74, 6) is -0.478. The lowest BCUT2D eigenvalue weighted by Gasteiger charge is -2.21. The maximum Gasteiger partial charge on any atom is 0.261 e. The Kier molecular flexibility index (Phi) is 7.86. The molecule has 0 atom stereocenters. The van der Waals surface area contributed by atoms with Gasteiger partial charge in [-0.25, -0.2) is 8.42 Å². The van der Waals surface area contributed by atoms with E-state index in [1.54, 1.807) is 53.4 Å². The van der Waals surface area contributed by atoms with Gasteiger partial charge in [-0.15, -0.1) is 0 Å². The summed E-state index contributed by atoms with van der Waals surface area (Å²) in [7, 11) is -3.92. The molecule has 41 heavy (non-hydrogen) atoms. The van der Waals surface area contributed by atoms with Crippen LogP contribution in [-0.4, -0.2) is 33.3 Å². The van der Waals surface area contributed by atoms with Gasteiger partial charge in [0, 0.05) is 48.3 Å². The van der Waals surface area contributed by atoms with E-state index < -0.39 is 10.0 Å². The summed E-state index contributed by atoms with van der Waals surface area (Å²) in [4.78, 5) is 27.0. The van der Waals surface area contributed by atoms with Gasteiger partial charge in [-0.3, -0.25) is 14.3 Å². The average molecular weight is 568 g/mol. The number of rotatable bonds is 9. The van der Waals surface area contributed by atoms with Gasteiger partial charge in [0.05, 0.1) is 16.2 Å². The standard InChI is InChI=1S/C31H29N5O4S/c1-21(37)36(19-18-32)25-14-12-23(13-15-25)33-30(22-8-4-2-5-9-22)29-27-20-26(16-17-28(27)34-31(29)38)41(39,40)35-24-10-6-3-7-11-24/h2-17,20,33,35H,18-19,32H2,1H3,(H,34,38). The highest BCUT2D eigenvalue weighted by Crippen LogP contribution is 2.39. The third-order valence-corrected chi connectivity index (χ3v) is 7.94. The number of nitrogens with two attached hydrogens (primary N) is 1. The molecule has 1 aliphatic heterocycles. The van der Waals surface area contributed by atoms with Crippen molar-refractivity contribution in [1.82, 2.24) is 0 Å². The van der Waals surface area contributed by atoms with E-state index in [1.165, 1.54) is 19.1 Å². The Balaban J connectivity index is 1.56. The van der Waals surface area contributed by atoms with Gasteiger partial charge in [0.2, 0.25) is 5.91 Å². The zero-order valence-corrected chi connectivity index (χ0v) is 23.1. The van der Waals surface area contributed by atoms with Crippen molar-refractivity contribution < 1.29 is 18.0 Å². The van der Waals surface area contributed by atoms with Crippen LogP contribution in [0, 0.1) is 0 Å². The first kappa shape index (κ1) is 27.6. The molecule has 0 saturated heterocycles. The van der Waals surface area contributed by atoms with Crippen LogP contribution >= 0.6 is 0 Å². The first-order valence-corrected chi connectivity index (χ1v) is 14.4. The molecule has 5 rings (SSSR count). The molecule has 0 saturated carbocycles. The van der Waals surface area contributed by atoms with Crippen molar-refractivity contribution in [3.63, 3.8) is 0 Å². The molecule has 1 heterocycles. The molecule has 1 aliphatic rings. The Morgan fingerprint density at radius 3 is 2.17 bits per heavy atom. The molecule has 5 N–H and O–H groups in total. The molecule has 10 heteroatoms. The van der Waals surface area contributed by atoms with Gasteiger partial charge < -0.3 is 21.3 Å². The van der Waals surface area contributed by atoms with Crippen LogP contribution in [0.5, 0.6) is 0 Å². The molecule has 0 fully saturated rings. The van der Waals surface area contributed by atoms with Crippen LogP contribution in [0.15, 0.2) is 108 Å². The van der Waals surface area contributed by atoms with Crippen LogP contribution in [0.2, 0.25) is 0 Å². The fourth-order valence-electron chi connectivity index (χ4n) is 4.63. The lowest BCUT2D eigenvalue weighted by molar-refractivity contribution is -0.116. The SMILES string of the molecule is CC(=O)N(CCN)c1ccc(NC(=C2C(=O)Nc3ccc(S(=O)(=O)Nc4ccccc4)cc32)c2ccccc2)cc1. The van der Waals surface area contributed by atoms with E-state index in [-0.39, 0.29) is 16.7 Å². The van der Waals surface area contributed by atoms with Gasteiger partial charge in [-0.2, -0.15) is 0 Å². The molecule has 0 bridgehead atoms. The fraction of sp³-hybridized carbons (Fsp3) is 0.0968. The number of fused-ring (bicyclic) bond motifs is 1. The molecule has 0 aromatic heterocycles. The topological polar surface area (TPSA) is 134 Å². The highest BCUT2D eigenvalue weighted by atomic mass is 32.2. The number of hydrogen-bond acceptors (Lipinski definition) is 6. The van der Waals surface area contributed by atoms with Crippen LogP contribution in [-0.2, 0) is 19.6 Å². The first-order chi connectivity index (χ1) is 19.8. The Morgan fingerprint density at radius 1 is 0.878 bits per heavy atom. The minimum Gasteiger partial charge on any atom is -0.354 e. The minimum absolute atomic E-state index is 0.0232. The van der Waals surface area contributed by atoms with E-state index in [1.807, 2.05) is 42.5 Å². The second kappa shape index (κ2) is 11.7. The number of carbonyl (C=O) groups excluding carboxylic acids is 2. The van der Waals surface area contributed by atoms with Gasteiger partial charge >= 0.3 is 0 Å². The molecule has 4 aromatic rings. The van der Waals surface area contributed by atoms with Crippen LogP contribution in [0.4, 0.5) is 22.7 Å². The summed E-state index contributed by atoms with van der Waals surface area (Å²) in [5, 5.41) is 6.21. The molecule has 0 spiro atoms. The maximum absolute atomic E-state index is 13.3. The molecule has 208 valence electrons. The first-order valence-electron chi connectivity index (χ1n) is 13.0. The molecule has 0 radical (unpaired) electrons. The van der Waals surface area contributed by atoms with Gasteiger partial charge in [0.15, 0.2) is 0 Å². The van der Waals surface area contributed by atoms with E-state index in [0.717, 1.165) is 5.56 Å². The summed E-state index contributed by atoms with van der Waals surface area (Å²) < 4.78 is 29.0. The van der Waals surface area contributed by atoms with Crippen molar-refractivity contribution in [2.24, 2.45) is 5.73 Å². The largest absolute Gasteiger partial charge is 0.354 e. The lowest BCUT2D eigenvalue weighted by Crippen LogP contribution is -2.33. The van der Waals surface area contributed by atoms with Crippen molar-refractivity contribution in [1.29, 1.82) is 0 Å². The quantitative estimate of drug-likeness (QED) is 0.216. The Labute approximate surface area is 238 Å². The summed E-state index contributed by atoms with van der Waals surface area (Å²) in [6.45, 7) is 2.21. The van der Waals surface area contributed by atoms with Gasteiger partial charge in [-0.1, -0.05) is 48.5 Å². The third kappa shape index (κ3) is 5.98. The summed E-state index contributed by atoms with van der Waals surface area (Å²) in [5.41, 5.74) is 9.99. The second-order valence-electron chi connectivity index (χ2n) is 9.38. The summed E-state index contributed by atoms with van der Waals surface area (Å²) >= 11 is 0. The van der Waals surface area contributed by atoms with Gasteiger partial charge in [0.1, 0.15) is 0 Å². The van der Waals surface area contributed by atoms with Crippen molar-refractivity contribution in [2.45, 2.75) is 11.8 Å². The fourth-order valence-corrected chi connectivity index (χ4v) is 5.72. The lowest BCUT2D eigenvalue weighted by atomic mass is 10.00. The average Bonchev–Trinajstić information content (AvgIpc) is 3.30. The van der Waals surface area contributed by atoms with Crippen molar-refractivity contribution >= 4 is 55.9 Å². The monoisotopic (exact) mass is 567 g/mol. The number of benzene rings is 4. The third-order valence-electron chi connectivity index (χ3n) is 6.57. The zero-order valence-electron chi connectivity index (χ0n) is 22.3. The number of sulfonamides is 1. The Bertz CT molecular complexity index is 1720. The number of amides is 2. The van der Waals surface area contributed by atoms with Gasteiger partial charge in [0.25, 0.3) is 15.9 Å². The molecular formula is C31H29N5O4S. The van der Waals surface area contributed by atoms with E-state index >= 15 is 0 Å². The predicted octanol–water partition coefficient (Wildman–Crippen LogP) is 4.73. The predicted molar refractivity (Wildman–Crippen MR) is 163 cm³/mol. The normalized spacial score (nSPS) is 13.7. The van der Waals surface area contributed by atoms with Crippen molar-refractivity contribution in [3.8, 4) is 0 Å². The molecule has 0 aliphatic carbocycles.